The first-order valence-electron chi connectivity index (χ1n) is 8.41. The van der Waals surface area contributed by atoms with Gasteiger partial charge in [0.15, 0.2) is 0 Å². The highest BCUT2D eigenvalue weighted by Gasteiger charge is 2.28. The van der Waals surface area contributed by atoms with Gasteiger partial charge in [0.05, 0.1) is 6.04 Å². The molecule has 0 aliphatic carbocycles. The van der Waals surface area contributed by atoms with Crippen molar-refractivity contribution >= 4 is 29.0 Å². The van der Waals surface area contributed by atoms with Crippen molar-refractivity contribution in [3.63, 3.8) is 0 Å². The number of hydrogen-bond donors (Lipinski definition) is 1. The number of benzene rings is 1. The first kappa shape index (κ1) is 17.5. The Hall–Kier alpha value is -2.34. The molecule has 0 bridgehead atoms. The molecule has 1 aromatic carbocycles. The molecule has 1 N–H and O–H groups in total. The summed E-state index contributed by atoms with van der Waals surface area (Å²) in [6.45, 7) is 7.16. The number of nitrogens with zero attached hydrogens (tertiary/aromatic N) is 2. The van der Waals surface area contributed by atoms with Gasteiger partial charge in [-0.05, 0) is 55.5 Å². The minimum absolute atomic E-state index is 0.0461. The van der Waals surface area contributed by atoms with Crippen molar-refractivity contribution in [1.29, 1.82) is 0 Å². The minimum atomic E-state index is -0.186. The van der Waals surface area contributed by atoms with Crippen molar-refractivity contribution in [2.45, 2.75) is 26.8 Å². The molecule has 0 unspecified atom stereocenters. The Kier molecular flexibility index (Phi) is 5.08. The number of anilines is 1. The van der Waals surface area contributed by atoms with Crippen molar-refractivity contribution in [3.05, 3.63) is 51.7 Å². The van der Waals surface area contributed by atoms with Crippen LogP contribution in [0, 0.1) is 13.8 Å². The maximum absolute atomic E-state index is 12.6. The van der Waals surface area contributed by atoms with E-state index in [9.17, 15) is 9.59 Å². The summed E-state index contributed by atoms with van der Waals surface area (Å²) in [6.07, 6.45) is 0. The number of amides is 3. The molecule has 25 heavy (non-hydrogen) atoms. The van der Waals surface area contributed by atoms with Gasteiger partial charge in [-0.3, -0.25) is 4.79 Å². The average Bonchev–Trinajstić information content (AvgIpc) is 3.08. The first-order valence-corrected chi connectivity index (χ1v) is 9.29. The summed E-state index contributed by atoms with van der Waals surface area (Å²) in [4.78, 5) is 29.5. The zero-order valence-corrected chi connectivity index (χ0v) is 15.6. The fourth-order valence-electron chi connectivity index (χ4n) is 3.11. The van der Waals surface area contributed by atoms with Crippen molar-refractivity contribution in [1.82, 2.24) is 10.2 Å². The van der Waals surface area contributed by atoms with Crippen LogP contribution in [0.2, 0.25) is 0 Å². The van der Waals surface area contributed by atoms with Gasteiger partial charge in [-0.25, -0.2) is 4.79 Å². The van der Waals surface area contributed by atoms with E-state index >= 15 is 0 Å². The van der Waals surface area contributed by atoms with Crippen LogP contribution in [0.25, 0.3) is 0 Å². The van der Waals surface area contributed by atoms with Crippen molar-refractivity contribution < 1.29 is 9.59 Å². The molecule has 1 aliphatic rings. The average molecular weight is 357 g/mol. The monoisotopic (exact) mass is 357 g/mol. The molecule has 132 valence electrons. The van der Waals surface area contributed by atoms with Crippen molar-refractivity contribution in [3.8, 4) is 0 Å². The largest absolute Gasteiger partial charge is 0.331 e. The fraction of sp³-hybridized carbons (Fsp3) is 0.368. The zero-order chi connectivity index (χ0) is 18.0. The Bertz CT molecular complexity index is 753. The smallest absolute Gasteiger partial charge is 0.318 e. The number of piperazine rings is 1. The molecule has 1 saturated heterocycles. The lowest BCUT2D eigenvalue weighted by atomic mass is 10.1. The Morgan fingerprint density at radius 1 is 1.20 bits per heavy atom. The van der Waals surface area contributed by atoms with Gasteiger partial charge in [-0.15, -0.1) is 11.3 Å². The molecule has 6 heteroatoms. The third kappa shape index (κ3) is 4.02. The molecule has 2 aromatic rings. The standard InChI is InChI=1S/C19H23N3O2S/c1-13-9-14(2)11-16(10-13)22-7-6-21(12-18(22)23)19(24)20-15(3)17-5-4-8-25-17/h4-5,8-11,15H,6-7,12H2,1-3H3,(H,20,24)/t15-/m1/s1. The summed E-state index contributed by atoms with van der Waals surface area (Å²) < 4.78 is 0. The van der Waals surface area contributed by atoms with E-state index in [0.717, 1.165) is 21.7 Å². The molecule has 5 nitrogen and oxygen atoms in total. The van der Waals surface area contributed by atoms with Gasteiger partial charge in [0, 0.05) is 23.7 Å². The SMILES string of the molecule is Cc1cc(C)cc(N2CCN(C(=O)N[C@H](C)c3cccs3)CC2=O)c1. The Balaban J connectivity index is 1.63. The zero-order valence-electron chi connectivity index (χ0n) is 14.8. The quantitative estimate of drug-likeness (QED) is 0.914. The van der Waals surface area contributed by atoms with E-state index in [4.69, 9.17) is 0 Å². The van der Waals surface area contributed by atoms with Crippen LogP contribution in [0.3, 0.4) is 0 Å². The highest BCUT2D eigenvalue weighted by Crippen LogP contribution is 2.22. The molecular formula is C19H23N3O2S. The lowest BCUT2D eigenvalue weighted by Crippen LogP contribution is -2.55. The lowest BCUT2D eigenvalue weighted by Gasteiger charge is -2.35. The second kappa shape index (κ2) is 7.27. The molecule has 0 spiro atoms. The number of rotatable bonds is 3. The molecule has 1 aromatic heterocycles. The first-order chi connectivity index (χ1) is 11.9. The number of nitrogens with one attached hydrogen (secondary N) is 1. The van der Waals surface area contributed by atoms with Crippen LogP contribution in [0.1, 0.15) is 29.0 Å². The molecule has 3 rings (SSSR count). The van der Waals surface area contributed by atoms with Gasteiger partial charge in [0.25, 0.3) is 0 Å². The van der Waals surface area contributed by atoms with E-state index in [2.05, 4.69) is 11.4 Å². The molecule has 2 heterocycles. The summed E-state index contributed by atoms with van der Waals surface area (Å²) in [5.74, 6) is -0.0461. The van der Waals surface area contributed by atoms with Crippen LogP contribution in [0.5, 0.6) is 0 Å². The Morgan fingerprint density at radius 3 is 2.52 bits per heavy atom. The minimum Gasteiger partial charge on any atom is -0.331 e. The van der Waals surface area contributed by atoms with Crippen LogP contribution in [0.4, 0.5) is 10.5 Å². The Morgan fingerprint density at radius 2 is 1.92 bits per heavy atom. The van der Waals surface area contributed by atoms with E-state index in [1.807, 2.05) is 50.4 Å². The second-order valence-electron chi connectivity index (χ2n) is 6.50. The molecule has 0 radical (unpaired) electrons. The highest BCUT2D eigenvalue weighted by molar-refractivity contribution is 7.10. The topological polar surface area (TPSA) is 52.6 Å². The van der Waals surface area contributed by atoms with Gasteiger partial charge in [-0.2, -0.15) is 0 Å². The van der Waals surface area contributed by atoms with Gasteiger partial charge >= 0.3 is 6.03 Å². The van der Waals surface area contributed by atoms with Gasteiger partial charge in [-0.1, -0.05) is 12.1 Å². The summed E-state index contributed by atoms with van der Waals surface area (Å²) in [7, 11) is 0. The normalized spacial score (nSPS) is 16.0. The molecule has 0 saturated carbocycles. The van der Waals surface area contributed by atoms with Gasteiger partial charge in [0.1, 0.15) is 6.54 Å². The van der Waals surface area contributed by atoms with Crippen molar-refractivity contribution in [2.75, 3.05) is 24.5 Å². The molecule has 1 fully saturated rings. The summed E-state index contributed by atoms with van der Waals surface area (Å²) in [5.41, 5.74) is 3.18. The molecule has 1 aliphatic heterocycles. The number of aryl methyl sites for hydroxylation is 2. The van der Waals surface area contributed by atoms with Gasteiger partial charge < -0.3 is 15.1 Å². The maximum atomic E-state index is 12.6. The third-order valence-corrected chi connectivity index (χ3v) is 5.39. The highest BCUT2D eigenvalue weighted by atomic mass is 32.1. The predicted molar refractivity (Wildman–Crippen MR) is 101 cm³/mol. The summed E-state index contributed by atoms with van der Waals surface area (Å²) >= 11 is 1.61. The number of carbonyl (C=O) groups excluding carboxylic acids is 2. The van der Waals surface area contributed by atoms with E-state index in [0.29, 0.717) is 13.1 Å². The number of hydrogen-bond acceptors (Lipinski definition) is 3. The van der Waals surface area contributed by atoms with Crippen LogP contribution in [-0.2, 0) is 4.79 Å². The lowest BCUT2D eigenvalue weighted by molar-refractivity contribution is -0.120. The van der Waals surface area contributed by atoms with E-state index in [1.54, 1.807) is 21.1 Å². The Labute approximate surface area is 152 Å². The van der Waals surface area contributed by atoms with Crippen molar-refractivity contribution in [2.24, 2.45) is 0 Å². The van der Waals surface area contributed by atoms with Crippen LogP contribution < -0.4 is 10.2 Å². The number of thiophene rings is 1. The summed E-state index contributed by atoms with van der Waals surface area (Å²) in [5, 5.41) is 4.96. The van der Waals surface area contributed by atoms with E-state index in [-0.39, 0.29) is 24.5 Å². The number of carbonyl (C=O) groups is 2. The van der Waals surface area contributed by atoms with Gasteiger partial charge in [0.2, 0.25) is 5.91 Å². The fourth-order valence-corrected chi connectivity index (χ4v) is 3.85. The molecule has 1 atom stereocenters. The summed E-state index contributed by atoms with van der Waals surface area (Å²) in [6, 6.07) is 9.84. The maximum Gasteiger partial charge on any atom is 0.318 e. The van der Waals surface area contributed by atoms with Crippen LogP contribution in [-0.4, -0.2) is 36.5 Å². The predicted octanol–water partition coefficient (Wildman–Crippen LogP) is 3.48. The van der Waals surface area contributed by atoms with Crippen LogP contribution >= 0.6 is 11.3 Å². The number of urea groups is 1. The van der Waals surface area contributed by atoms with E-state index in [1.165, 1.54) is 0 Å². The molecular weight excluding hydrogens is 334 g/mol. The van der Waals surface area contributed by atoms with E-state index < -0.39 is 0 Å². The van der Waals surface area contributed by atoms with Crippen LogP contribution in [0.15, 0.2) is 35.7 Å². The second-order valence-corrected chi connectivity index (χ2v) is 7.48. The molecule has 3 amide bonds. The third-order valence-electron chi connectivity index (χ3n) is 4.34.